The number of nitrogens with zero attached hydrogens (tertiary/aromatic N) is 1. The summed E-state index contributed by atoms with van der Waals surface area (Å²) in [6.45, 7) is 4.70. The number of anilines is 3. The van der Waals surface area contributed by atoms with Crippen LogP contribution in [0.3, 0.4) is 0 Å². The van der Waals surface area contributed by atoms with Crippen molar-refractivity contribution in [3.05, 3.63) is 181 Å². The summed E-state index contributed by atoms with van der Waals surface area (Å²) in [5.41, 5.74) is 15.4. The van der Waals surface area contributed by atoms with E-state index in [2.05, 4.69) is 183 Å². The van der Waals surface area contributed by atoms with Gasteiger partial charge in [0.25, 0.3) is 0 Å². The highest BCUT2D eigenvalue weighted by molar-refractivity contribution is 7.26. The molecule has 7 aromatic carbocycles. The quantitative estimate of drug-likeness (QED) is 0.177. The maximum absolute atomic E-state index is 6.60. The number of fused-ring (bicyclic) bond motifs is 10. The topological polar surface area (TPSA) is 16.4 Å². The first-order valence-electron chi connectivity index (χ1n) is 18.9. The monoisotopic (exact) mass is 711 g/mol. The van der Waals surface area contributed by atoms with E-state index in [0.29, 0.717) is 0 Å². The number of hydrogen-bond acceptors (Lipinski definition) is 3. The fraction of sp³-hybridized carbons (Fsp3) is 0.0980. The van der Waals surface area contributed by atoms with E-state index in [1.165, 1.54) is 75.5 Å². The summed E-state index contributed by atoms with van der Waals surface area (Å²) >= 11 is 1.88. The molecule has 2 aliphatic rings. The van der Waals surface area contributed by atoms with Crippen molar-refractivity contribution in [1.29, 1.82) is 0 Å². The lowest BCUT2D eigenvalue weighted by Crippen LogP contribution is -2.16. The number of rotatable bonds is 5. The summed E-state index contributed by atoms with van der Waals surface area (Å²) in [6.07, 6.45) is 8.85. The smallest absolute Gasteiger partial charge is 0.143 e. The Bertz CT molecular complexity index is 3010. The van der Waals surface area contributed by atoms with Crippen LogP contribution in [0.5, 0.6) is 0 Å². The first-order chi connectivity index (χ1) is 26.5. The van der Waals surface area contributed by atoms with Gasteiger partial charge in [0.05, 0.1) is 0 Å². The van der Waals surface area contributed by atoms with Gasteiger partial charge in [-0.25, -0.2) is 0 Å². The van der Waals surface area contributed by atoms with Gasteiger partial charge in [0, 0.05) is 59.0 Å². The van der Waals surface area contributed by atoms with Crippen LogP contribution in [-0.2, 0) is 5.41 Å². The predicted octanol–water partition coefficient (Wildman–Crippen LogP) is 15.1. The predicted molar refractivity (Wildman–Crippen MR) is 231 cm³/mol. The minimum absolute atomic E-state index is 0.197. The first-order valence-corrected chi connectivity index (χ1v) is 19.7. The highest BCUT2D eigenvalue weighted by atomic mass is 32.1. The number of hydrogen-bond donors (Lipinski definition) is 0. The van der Waals surface area contributed by atoms with E-state index in [9.17, 15) is 0 Å². The molecule has 0 N–H and O–H groups in total. The molecule has 0 unspecified atom stereocenters. The van der Waals surface area contributed by atoms with Crippen molar-refractivity contribution in [3.63, 3.8) is 0 Å². The number of para-hydroxylation sites is 1. The van der Waals surface area contributed by atoms with E-state index >= 15 is 0 Å². The molecule has 258 valence electrons. The summed E-state index contributed by atoms with van der Waals surface area (Å²) in [5, 5.41) is 4.99. The Hall–Kier alpha value is -6.16. The van der Waals surface area contributed by atoms with Crippen LogP contribution in [0.2, 0.25) is 0 Å². The highest BCUT2D eigenvalue weighted by Crippen LogP contribution is 2.54. The van der Waals surface area contributed by atoms with Gasteiger partial charge >= 0.3 is 0 Å². The zero-order valence-corrected chi connectivity index (χ0v) is 31.1. The second kappa shape index (κ2) is 11.9. The lowest BCUT2D eigenvalue weighted by molar-refractivity contribution is 0.653. The fourth-order valence-electron chi connectivity index (χ4n) is 9.01. The van der Waals surface area contributed by atoms with Crippen molar-refractivity contribution >= 4 is 76.1 Å². The van der Waals surface area contributed by atoms with Gasteiger partial charge in [-0.3, -0.25) is 0 Å². The molecule has 11 rings (SSSR count). The summed E-state index contributed by atoms with van der Waals surface area (Å²) in [5.74, 6) is 0. The number of benzene rings is 7. The Balaban J connectivity index is 1.05. The molecule has 3 heteroatoms. The molecule has 0 radical (unpaired) electrons. The third-order valence-electron chi connectivity index (χ3n) is 11.8. The van der Waals surface area contributed by atoms with Crippen LogP contribution in [0.15, 0.2) is 168 Å². The maximum atomic E-state index is 6.60. The average Bonchev–Trinajstić information content (AvgIpc) is 3.87. The molecule has 0 atom stereocenters. The Morgan fingerprint density at radius 2 is 1.31 bits per heavy atom. The van der Waals surface area contributed by atoms with Crippen LogP contribution in [0.1, 0.15) is 43.4 Å². The van der Waals surface area contributed by atoms with Crippen molar-refractivity contribution in [2.75, 3.05) is 4.90 Å². The van der Waals surface area contributed by atoms with Gasteiger partial charge in [0.1, 0.15) is 11.2 Å². The lowest BCUT2D eigenvalue weighted by atomic mass is 9.82. The summed E-state index contributed by atoms with van der Waals surface area (Å²) < 4.78 is 9.26. The van der Waals surface area contributed by atoms with Crippen molar-refractivity contribution in [2.24, 2.45) is 0 Å². The molecule has 0 amide bonds. The summed E-state index contributed by atoms with van der Waals surface area (Å²) in [6, 6.07) is 53.7. The average molecular weight is 712 g/mol. The van der Waals surface area contributed by atoms with E-state index in [1.807, 2.05) is 11.3 Å². The van der Waals surface area contributed by atoms with E-state index in [-0.39, 0.29) is 5.41 Å². The van der Waals surface area contributed by atoms with Crippen LogP contribution in [0.4, 0.5) is 17.1 Å². The number of furan rings is 1. The fourth-order valence-corrected chi connectivity index (χ4v) is 10.2. The Morgan fingerprint density at radius 3 is 2.11 bits per heavy atom. The molecular formula is C51H37NOS. The van der Waals surface area contributed by atoms with E-state index < -0.39 is 0 Å². The second-order valence-corrected chi connectivity index (χ2v) is 16.2. The normalized spacial score (nSPS) is 14.5. The molecule has 0 fully saturated rings. The van der Waals surface area contributed by atoms with Crippen LogP contribution in [0.25, 0.3) is 69.9 Å². The molecule has 2 nitrogen and oxygen atoms in total. The third kappa shape index (κ3) is 4.71. The molecule has 0 spiro atoms. The van der Waals surface area contributed by atoms with Gasteiger partial charge < -0.3 is 9.32 Å². The van der Waals surface area contributed by atoms with Crippen LogP contribution in [-0.4, -0.2) is 0 Å². The van der Waals surface area contributed by atoms with E-state index in [0.717, 1.165) is 41.1 Å². The minimum Gasteiger partial charge on any atom is -0.455 e. The lowest BCUT2D eigenvalue weighted by Gasteiger charge is -2.28. The third-order valence-corrected chi connectivity index (χ3v) is 13.0. The van der Waals surface area contributed by atoms with Crippen molar-refractivity contribution in [1.82, 2.24) is 0 Å². The van der Waals surface area contributed by atoms with Crippen molar-refractivity contribution in [2.45, 2.75) is 32.1 Å². The van der Waals surface area contributed by atoms with E-state index in [1.54, 1.807) is 0 Å². The molecule has 0 saturated heterocycles. The Morgan fingerprint density at radius 1 is 0.593 bits per heavy atom. The van der Waals surface area contributed by atoms with Gasteiger partial charge in [-0.2, -0.15) is 0 Å². The van der Waals surface area contributed by atoms with Gasteiger partial charge in [-0.1, -0.05) is 129 Å². The first kappa shape index (κ1) is 31.4. The van der Waals surface area contributed by atoms with Gasteiger partial charge in [0.2, 0.25) is 0 Å². The van der Waals surface area contributed by atoms with Gasteiger partial charge in [0.15, 0.2) is 0 Å². The molecular weight excluding hydrogens is 675 g/mol. The minimum atomic E-state index is -0.197. The van der Waals surface area contributed by atoms with Crippen LogP contribution >= 0.6 is 11.3 Å². The largest absolute Gasteiger partial charge is 0.455 e. The molecule has 9 aromatic rings. The maximum Gasteiger partial charge on any atom is 0.143 e. The molecule has 0 saturated carbocycles. The van der Waals surface area contributed by atoms with Crippen LogP contribution < -0.4 is 4.90 Å². The Kier molecular flexibility index (Phi) is 6.93. The molecule has 0 bridgehead atoms. The molecule has 2 aliphatic carbocycles. The van der Waals surface area contributed by atoms with Gasteiger partial charge in [-0.05, 0) is 100 Å². The standard InChI is InChI=1S/C51H37NOS/c1-51(2)44-30-29-41-39-13-6-8-17-46(39)53-49(41)48(44)43-28-27-37(31-45(43)51)52(35-23-19-33(20-24-35)32-11-4-3-5-12-32)36-25-21-34(22-26-36)38-15-10-16-42-40-14-7-9-18-47(40)54-50(38)42/h3-4,6-11,13-31H,5,12H2,1-2H3. The summed E-state index contributed by atoms with van der Waals surface area (Å²) in [4.78, 5) is 2.42. The zero-order valence-electron chi connectivity index (χ0n) is 30.3. The molecule has 2 aromatic heterocycles. The SMILES string of the molecule is CC1(C)c2cc(N(c3ccc(C4=CC=CCC4)cc3)c3ccc(-c4cccc5c4sc4ccccc45)cc3)ccc2-c2c1ccc1c2oc2ccccc21. The highest BCUT2D eigenvalue weighted by Gasteiger charge is 2.38. The van der Waals surface area contributed by atoms with E-state index in [4.69, 9.17) is 4.42 Å². The van der Waals surface area contributed by atoms with Crippen molar-refractivity contribution < 1.29 is 4.42 Å². The zero-order chi connectivity index (χ0) is 36.0. The Labute approximate surface area is 318 Å². The summed E-state index contributed by atoms with van der Waals surface area (Å²) in [7, 11) is 0. The van der Waals surface area contributed by atoms with Crippen molar-refractivity contribution in [3.8, 4) is 22.3 Å². The number of thiophene rings is 1. The number of allylic oxidation sites excluding steroid dienone is 4. The second-order valence-electron chi connectivity index (χ2n) is 15.2. The van der Waals surface area contributed by atoms with Gasteiger partial charge in [-0.15, -0.1) is 11.3 Å². The molecule has 0 aliphatic heterocycles. The molecule has 54 heavy (non-hydrogen) atoms. The molecule has 2 heterocycles. The van der Waals surface area contributed by atoms with Crippen LogP contribution in [0, 0.1) is 0 Å².